The highest BCUT2D eigenvalue weighted by Crippen LogP contribution is 2.17. The van der Waals surface area contributed by atoms with Gasteiger partial charge in [0.15, 0.2) is 0 Å². The van der Waals surface area contributed by atoms with Crippen LogP contribution in [0.25, 0.3) is 0 Å². The third-order valence-electron chi connectivity index (χ3n) is 3.03. The topological polar surface area (TPSA) is 12.0 Å². The maximum Gasteiger partial charge on any atom is 0.0409 e. The summed E-state index contributed by atoms with van der Waals surface area (Å²) < 4.78 is 0. The Bertz CT molecular complexity index is 360. The molecule has 0 saturated carbocycles. The normalized spacial score (nSPS) is 19.9. The molecule has 2 rings (SSSR count). The number of benzene rings is 1. The SMILES string of the molecule is Clc1cccc(CNCC2CC=CCC2)c1. The Hall–Kier alpha value is -0.790. The van der Waals surface area contributed by atoms with Gasteiger partial charge in [0.05, 0.1) is 0 Å². The molecule has 1 atom stereocenters. The van der Waals surface area contributed by atoms with Crippen LogP contribution in [0.3, 0.4) is 0 Å². The number of halogens is 1. The predicted molar refractivity (Wildman–Crippen MR) is 69.6 cm³/mol. The summed E-state index contributed by atoms with van der Waals surface area (Å²) in [6.07, 6.45) is 8.37. The van der Waals surface area contributed by atoms with E-state index < -0.39 is 0 Å². The smallest absolute Gasteiger partial charge is 0.0409 e. The molecule has 0 heterocycles. The fourth-order valence-corrected chi connectivity index (χ4v) is 2.32. The van der Waals surface area contributed by atoms with Gasteiger partial charge in [0.1, 0.15) is 0 Å². The second kappa shape index (κ2) is 6.07. The lowest BCUT2D eigenvalue weighted by Gasteiger charge is -2.18. The van der Waals surface area contributed by atoms with Crippen LogP contribution in [0.15, 0.2) is 36.4 Å². The van der Waals surface area contributed by atoms with E-state index in [0.717, 1.165) is 24.0 Å². The van der Waals surface area contributed by atoms with E-state index in [0.29, 0.717) is 0 Å². The lowest BCUT2D eigenvalue weighted by molar-refractivity contribution is 0.440. The maximum atomic E-state index is 5.94. The van der Waals surface area contributed by atoms with Crippen molar-refractivity contribution in [1.82, 2.24) is 5.32 Å². The molecule has 1 unspecified atom stereocenters. The van der Waals surface area contributed by atoms with E-state index >= 15 is 0 Å². The zero-order valence-electron chi connectivity index (χ0n) is 9.45. The number of hydrogen-bond donors (Lipinski definition) is 1. The van der Waals surface area contributed by atoms with E-state index in [-0.39, 0.29) is 0 Å². The van der Waals surface area contributed by atoms with Crippen molar-refractivity contribution in [3.8, 4) is 0 Å². The highest BCUT2D eigenvalue weighted by molar-refractivity contribution is 6.30. The summed E-state index contributed by atoms with van der Waals surface area (Å²) in [4.78, 5) is 0. The second-order valence-corrected chi connectivity index (χ2v) is 4.85. The van der Waals surface area contributed by atoms with Crippen molar-refractivity contribution in [3.05, 3.63) is 47.0 Å². The molecule has 0 radical (unpaired) electrons. The standard InChI is InChI=1S/C14H18ClN/c15-14-8-4-7-13(9-14)11-16-10-12-5-2-1-3-6-12/h1-2,4,7-9,12,16H,3,5-6,10-11H2. The summed E-state index contributed by atoms with van der Waals surface area (Å²) in [6.45, 7) is 2.03. The first-order valence-electron chi connectivity index (χ1n) is 5.95. The van der Waals surface area contributed by atoms with Crippen LogP contribution in [-0.2, 0) is 6.54 Å². The summed E-state index contributed by atoms with van der Waals surface area (Å²) in [5, 5.41) is 4.33. The molecule has 0 spiro atoms. The van der Waals surface area contributed by atoms with Gasteiger partial charge in [0, 0.05) is 11.6 Å². The van der Waals surface area contributed by atoms with Gasteiger partial charge in [-0.2, -0.15) is 0 Å². The number of allylic oxidation sites excluding steroid dienone is 2. The van der Waals surface area contributed by atoms with Crippen LogP contribution in [0, 0.1) is 5.92 Å². The van der Waals surface area contributed by atoms with E-state index in [9.17, 15) is 0 Å². The lowest BCUT2D eigenvalue weighted by atomic mass is 9.94. The van der Waals surface area contributed by atoms with E-state index in [1.807, 2.05) is 18.2 Å². The van der Waals surface area contributed by atoms with Gasteiger partial charge in [0.25, 0.3) is 0 Å². The summed E-state index contributed by atoms with van der Waals surface area (Å²) in [7, 11) is 0. The fraction of sp³-hybridized carbons (Fsp3) is 0.429. The Labute approximate surface area is 103 Å². The highest BCUT2D eigenvalue weighted by atomic mass is 35.5. The minimum absolute atomic E-state index is 0.809. The maximum absolute atomic E-state index is 5.94. The molecule has 0 aliphatic heterocycles. The molecule has 0 aromatic heterocycles. The molecule has 0 fully saturated rings. The van der Waals surface area contributed by atoms with Crippen LogP contribution in [0.4, 0.5) is 0 Å². The average molecular weight is 236 g/mol. The van der Waals surface area contributed by atoms with Crippen LogP contribution in [0.1, 0.15) is 24.8 Å². The van der Waals surface area contributed by atoms with Crippen molar-refractivity contribution in [2.75, 3.05) is 6.54 Å². The van der Waals surface area contributed by atoms with Gasteiger partial charge in [-0.05, 0) is 49.4 Å². The Morgan fingerprint density at radius 3 is 3.00 bits per heavy atom. The third kappa shape index (κ3) is 3.66. The molecule has 1 aromatic carbocycles. The summed E-state index contributed by atoms with van der Waals surface area (Å²) in [6, 6.07) is 8.05. The first kappa shape index (κ1) is 11.7. The first-order chi connectivity index (χ1) is 7.84. The molecule has 2 heteroatoms. The number of nitrogens with one attached hydrogen (secondary N) is 1. The van der Waals surface area contributed by atoms with Gasteiger partial charge in [0.2, 0.25) is 0 Å². The zero-order valence-corrected chi connectivity index (χ0v) is 10.2. The molecule has 0 bridgehead atoms. The van der Waals surface area contributed by atoms with Crippen molar-refractivity contribution in [3.63, 3.8) is 0 Å². The molecule has 0 saturated heterocycles. The quantitative estimate of drug-likeness (QED) is 0.784. The second-order valence-electron chi connectivity index (χ2n) is 4.41. The third-order valence-corrected chi connectivity index (χ3v) is 3.26. The molecule has 1 N–H and O–H groups in total. The highest BCUT2D eigenvalue weighted by Gasteiger charge is 2.08. The number of hydrogen-bond acceptors (Lipinski definition) is 1. The van der Waals surface area contributed by atoms with Crippen molar-refractivity contribution >= 4 is 11.6 Å². The van der Waals surface area contributed by atoms with E-state index in [1.165, 1.54) is 24.8 Å². The molecule has 1 nitrogen and oxygen atoms in total. The Morgan fingerprint density at radius 2 is 2.25 bits per heavy atom. The van der Waals surface area contributed by atoms with Crippen molar-refractivity contribution < 1.29 is 0 Å². The summed E-state index contributed by atoms with van der Waals surface area (Å²) in [5.74, 6) is 0.809. The van der Waals surface area contributed by atoms with Gasteiger partial charge in [-0.15, -0.1) is 0 Å². The monoisotopic (exact) mass is 235 g/mol. The molecule has 1 aromatic rings. The Kier molecular flexibility index (Phi) is 4.44. The van der Waals surface area contributed by atoms with E-state index in [1.54, 1.807) is 0 Å². The molecule has 1 aliphatic carbocycles. The molecule has 0 amide bonds. The largest absolute Gasteiger partial charge is 0.312 e. The van der Waals surface area contributed by atoms with Crippen LogP contribution in [0.5, 0.6) is 0 Å². The molecule has 16 heavy (non-hydrogen) atoms. The summed E-state index contributed by atoms with van der Waals surface area (Å²) in [5.41, 5.74) is 1.26. The first-order valence-corrected chi connectivity index (χ1v) is 6.32. The zero-order chi connectivity index (χ0) is 11.2. The minimum Gasteiger partial charge on any atom is -0.312 e. The van der Waals surface area contributed by atoms with Crippen molar-refractivity contribution in [1.29, 1.82) is 0 Å². The van der Waals surface area contributed by atoms with Crippen LogP contribution in [-0.4, -0.2) is 6.54 Å². The van der Waals surface area contributed by atoms with Crippen LogP contribution < -0.4 is 5.32 Å². The molecular weight excluding hydrogens is 218 g/mol. The van der Waals surface area contributed by atoms with E-state index in [2.05, 4.69) is 23.5 Å². The fourth-order valence-electron chi connectivity index (χ4n) is 2.11. The predicted octanol–water partition coefficient (Wildman–Crippen LogP) is 3.79. The van der Waals surface area contributed by atoms with Gasteiger partial charge in [-0.3, -0.25) is 0 Å². The van der Waals surface area contributed by atoms with Crippen LogP contribution >= 0.6 is 11.6 Å². The average Bonchev–Trinajstić information content (AvgIpc) is 2.30. The molecule has 1 aliphatic rings. The van der Waals surface area contributed by atoms with Gasteiger partial charge in [-0.25, -0.2) is 0 Å². The van der Waals surface area contributed by atoms with Gasteiger partial charge in [-0.1, -0.05) is 35.9 Å². The minimum atomic E-state index is 0.809. The Morgan fingerprint density at radius 1 is 1.31 bits per heavy atom. The van der Waals surface area contributed by atoms with E-state index in [4.69, 9.17) is 11.6 Å². The van der Waals surface area contributed by atoms with Gasteiger partial charge < -0.3 is 5.32 Å². The van der Waals surface area contributed by atoms with Crippen LogP contribution in [0.2, 0.25) is 5.02 Å². The number of rotatable bonds is 4. The lowest BCUT2D eigenvalue weighted by Crippen LogP contribution is -2.23. The van der Waals surface area contributed by atoms with Crippen molar-refractivity contribution in [2.24, 2.45) is 5.92 Å². The molecular formula is C14H18ClN. The molecule has 86 valence electrons. The Balaban J connectivity index is 1.73. The van der Waals surface area contributed by atoms with Gasteiger partial charge >= 0.3 is 0 Å². The van der Waals surface area contributed by atoms with Crippen molar-refractivity contribution in [2.45, 2.75) is 25.8 Å². The summed E-state index contributed by atoms with van der Waals surface area (Å²) >= 11 is 5.94.